The summed E-state index contributed by atoms with van der Waals surface area (Å²) < 4.78 is 18.4. The molecule has 0 fully saturated rings. The maximum Gasteiger partial charge on any atom is 0.329 e. The van der Waals surface area contributed by atoms with Crippen molar-refractivity contribution in [3.63, 3.8) is 0 Å². The predicted octanol–water partition coefficient (Wildman–Crippen LogP) is 3.21. The summed E-state index contributed by atoms with van der Waals surface area (Å²) >= 11 is 1.26. The molecular weight excluding hydrogens is 371 g/mol. The molecule has 2 N–H and O–H groups in total. The summed E-state index contributed by atoms with van der Waals surface area (Å²) in [5.41, 5.74) is 0.259. The highest BCUT2D eigenvalue weighted by atomic mass is 32.1. The third kappa shape index (κ3) is 5.89. The molecule has 2 amide bonds. The lowest BCUT2D eigenvalue weighted by Gasteiger charge is -2.22. The van der Waals surface area contributed by atoms with Gasteiger partial charge in [0.15, 0.2) is 6.10 Å². The van der Waals surface area contributed by atoms with Gasteiger partial charge in [-0.25, -0.2) is 9.18 Å². The van der Waals surface area contributed by atoms with Gasteiger partial charge in [-0.15, -0.1) is 11.3 Å². The molecule has 8 heteroatoms. The largest absolute Gasteiger partial charge is 0.451 e. The van der Waals surface area contributed by atoms with Gasteiger partial charge < -0.3 is 15.4 Å². The second-order valence-electron chi connectivity index (χ2n) is 6.25. The zero-order chi connectivity index (χ0) is 20.0. The number of nitrogens with one attached hydrogen (secondary N) is 2. The van der Waals surface area contributed by atoms with Crippen LogP contribution < -0.4 is 10.6 Å². The average molecular weight is 392 g/mol. The molecule has 2 rings (SSSR count). The number of anilines is 1. The molecule has 1 heterocycles. The van der Waals surface area contributed by atoms with Gasteiger partial charge in [-0.2, -0.15) is 0 Å². The first-order valence-electron chi connectivity index (χ1n) is 8.39. The lowest BCUT2D eigenvalue weighted by Crippen LogP contribution is -2.47. The van der Waals surface area contributed by atoms with Gasteiger partial charge in [0.1, 0.15) is 11.9 Å². The Balaban J connectivity index is 1.97. The lowest BCUT2D eigenvalue weighted by molar-refractivity contribution is -0.156. The minimum atomic E-state index is -1.11. The summed E-state index contributed by atoms with van der Waals surface area (Å²) in [6.07, 6.45) is -1.11. The Morgan fingerprint density at radius 1 is 1.11 bits per heavy atom. The molecule has 1 aromatic carbocycles. The highest BCUT2D eigenvalue weighted by Gasteiger charge is 2.29. The summed E-state index contributed by atoms with van der Waals surface area (Å²) in [7, 11) is 0. The van der Waals surface area contributed by atoms with E-state index in [1.54, 1.807) is 31.4 Å². The van der Waals surface area contributed by atoms with E-state index < -0.39 is 29.8 Å². The number of amides is 2. The van der Waals surface area contributed by atoms with Crippen molar-refractivity contribution in [3.05, 3.63) is 52.5 Å². The molecule has 0 unspecified atom stereocenters. The van der Waals surface area contributed by atoms with E-state index in [1.807, 2.05) is 0 Å². The van der Waals surface area contributed by atoms with Crippen molar-refractivity contribution < 1.29 is 23.5 Å². The van der Waals surface area contributed by atoms with Crippen LogP contribution >= 0.6 is 11.3 Å². The Morgan fingerprint density at radius 2 is 1.85 bits per heavy atom. The molecule has 0 saturated heterocycles. The summed E-state index contributed by atoms with van der Waals surface area (Å²) in [6, 6.07) is 7.88. The van der Waals surface area contributed by atoms with Gasteiger partial charge in [0.2, 0.25) is 0 Å². The Kier molecular flexibility index (Phi) is 7.06. The van der Waals surface area contributed by atoms with Crippen LogP contribution in [0.1, 0.15) is 30.4 Å². The number of ether oxygens (including phenoxy) is 1. The zero-order valence-electron chi connectivity index (χ0n) is 15.2. The summed E-state index contributed by atoms with van der Waals surface area (Å²) in [4.78, 5) is 37.3. The molecule has 2 aromatic rings. The second-order valence-corrected chi connectivity index (χ2v) is 7.20. The Hall–Kier alpha value is -2.74. The Morgan fingerprint density at radius 3 is 2.44 bits per heavy atom. The summed E-state index contributed by atoms with van der Waals surface area (Å²) in [6.45, 7) is 4.93. The van der Waals surface area contributed by atoms with Crippen LogP contribution in [0.3, 0.4) is 0 Å². The Labute approximate surface area is 160 Å². The molecule has 0 spiro atoms. The quantitative estimate of drug-likeness (QED) is 0.709. The van der Waals surface area contributed by atoms with Gasteiger partial charge in [-0.1, -0.05) is 26.0 Å². The van der Waals surface area contributed by atoms with Crippen molar-refractivity contribution in [2.75, 3.05) is 5.32 Å². The number of hydrogen-bond acceptors (Lipinski definition) is 5. The normalized spacial score (nSPS) is 12.9. The average Bonchev–Trinajstić information content (AvgIpc) is 3.13. The van der Waals surface area contributed by atoms with Crippen molar-refractivity contribution >= 4 is 34.8 Å². The molecule has 6 nitrogen and oxygen atoms in total. The molecule has 0 aliphatic heterocycles. The number of esters is 1. The van der Waals surface area contributed by atoms with Crippen molar-refractivity contribution in [1.82, 2.24) is 5.32 Å². The molecule has 144 valence electrons. The second kappa shape index (κ2) is 9.27. The standard InChI is InChI=1S/C19H21FN2O4S/c1-11(2)16(22-18(24)15-8-5-9-27-15)19(25)26-12(3)17(23)21-14-7-4-6-13(20)10-14/h4-12,16H,1-3H3,(H,21,23)(H,22,24)/t12-,16-/m1/s1. The molecule has 27 heavy (non-hydrogen) atoms. The van der Waals surface area contributed by atoms with E-state index in [0.717, 1.165) is 6.07 Å². The molecule has 0 aliphatic carbocycles. The minimum Gasteiger partial charge on any atom is -0.451 e. The highest BCUT2D eigenvalue weighted by Crippen LogP contribution is 2.13. The molecule has 0 aliphatic rings. The SMILES string of the molecule is CC(C)[C@@H](NC(=O)c1cccs1)C(=O)O[C@H](C)C(=O)Nc1cccc(F)c1. The van der Waals surface area contributed by atoms with E-state index in [0.29, 0.717) is 4.88 Å². The number of rotatable bonds is 7. The van der Waals surface area contributed by atoms with E-state index in [4.69, 9.17) is 4.74 Å². The first-order valence-corrected chi connectivity index (χ1v) is 9.27. The molecule has 1 aromatic heterocycles. The summed E-state index contributed by atoms with van der Waals surface area (Å²) in [5.74, 6) is -2.41. The van der Waals surface area contributed by atoms with Gasteiger partial charge in [0.05, 0.1) is 4.88 Å². The molecule has 0 saturated carbocycles. The van der Waals surface area contributed by atoms with Gasteiger partial charge in [-0.05, 0) is 42.5 Å². The number of hydrogen-bond donors (Lipinski definition) is 2. The van der Waals surface area contributed by atoms with E-state index in [9.17, 15) is 18.8 Å². The number of halogens is 1. The van der Waals surface area contributed by atoms with Crippen molar-refractivity contribution in [2.24, 2.45) is 5.92 Å². The van der Waals surface area contributed by atoms with Gasteiger partial charge in [0, 0.05) is 5.69 Å². The van der Waals surface area contributed by atoms with E-state index in [-0.39, 0.29) is 17.5 Å². The molecule has 0 radical (unpaired) electrons. The third-order valence-electron chi connectivity index (χ3n) is 3.71. The Bertz CT molecular complexity index is 808. The van der Waals surface area contributed by atoms with Gasteiger partial charge in [0.25, 0.3) is 11.8 Å². The van der Waals surface area contributed by atoms with Crippen LogP contribution in [0, 0.1) is 11.7 Å². The van der Waals surface area contributed by atoms with Gasteiger partial charge in [-0.3, -0.25) is 9.59 Å². The smallest absolute Gasteiger partial charge is 0.329 e. The number of carbonyl (C=O) groups excluding carboxylic acids is 3. The van der Waals surface area contributed by atoms with Crippen molar-refractivity contribution in [1.29, 1.82) is 0 Å². The van der Waals surface area contributed by atoms with Crippen LogP contribution in [0.2, 0.25) is 0 Å². The van der Waals surface area contributed by atoms with E-state index in [2.05, 4.69) is 10.6 Å². The fourth-order valence-corrected chi connectivity index (χ4v) is 2.86. The predicted molar refractivity (Wildman–Crippen MR) is 101 cm³/mol. The van der Waals surface area contributed by atoms with E-state index >= 15 is 0 Å². The number of thiophene rings is 1. The van der Waals surface area contributed by atoms with E-state index in [1.165, 1.54) is 36.5 Å². The summed E-state index contributed by atoms with van der Waals surface area (Å²) in [5, 5.41) is 6.87. The maximum atomic E-state index is 13.2. The topological polar surface area (TPSA) is 84.5 Å². The molecule has 2 atom stereocenters. The number of benzene rings is 1. The van der Waals surface area contributed by atoms with Crippen LogP contribution in [-0.2, 0) is 14.3 Å². The van der Waals surface area contributed by atoms with Crippen LogP contribution in [0.4, 0.5) is 10.1 Å². The highest BCUT2D eigenvalue weighted by molar-refractivity contribution is 7.12. The minimum absolute atomic E-state index is 0.236. The van der Waals surface area contributed by atoms with Crippen molar-refractivity contribution in [3.8, 4) is 0 Å². The van der Waals surface area contributed by atoms with Crippen LogP contribution in [0.25, 0.3) is 0 Å². The monoisotopic (exact) mass is 392 g/mol. The van der Waals surface area contributed by atoms with Crippen LogP contribution in [0.5, 0.6) is 0 Å². The fourth-order valence-electron chi connectivity index (χ4n) is 2.23. The van der Waals surface area contributed by atoms with Gasteiger partial charge >= 0.3 is 5.97 Å². The van der Waals surface area contributed by atoms with Crippen molar-refractivity contribution in [2.45, 2.75) is 32.9 Å². The maximum absolute atomic E-state index is 13.2. The lowest BCUT2D eigenvalue weighted by atomic mass is 10.0. The third-order valence-corrected chi connectivity index (χ3v) is 4.58. The number of carbonyl (C=O) groups is 3. The fraction of sp³-hybridized carbons (Fsp3) is 0.316. The molecule has 0 bridgehead atoms. The first kappa shape index (κ1) is 20.6. The van der Waals surface area contributed by atoms with Crippen LogP contribution in [-0.4, -0.2) is 29.9 Å². The zero-order valence-corrected chi connectivity index (χ0v) is 16.0. The van der Waals surface area contributed by atoms with Crippen LogP contribution in [0.15, 0.2) is 41.8 Å². The first-order chi connectivity index (χ1) is 12.8. The molecular formula is C19H21FN2O4S.